The summed E-state index contributed by atoms with van der Waals surface area (Å²) in [5.74, 6) is 0. The molecule has 0 saturated carbocycles. The van der Waals surface area contributed by atoms with Crippen LogP contribution >= 0.6 is 0 Å². The fourth-order valence-electron chi connectivity index (χ4n) is 14.8. The van der Waals surface area contributed by atoms with Gasteiger partial charge in [0.25, 0.3) is 0 Å². The van der Waals surface area contributed by atoms with Gasteiger partial charge in [0, 0.05) is 88.6 Å². The molecule has 0 unspecified atom stereocenters. The van der Waals surface area contributed by atoms with Crippen molar-refractivity contribution in [2.45, 2.75) is 0 Å². The summed E-state index contributed by atoms with van der Waals surface area (Å²) in [4.78, 5) is 9.87. The molecule has 4 nitrogen and oxygen atoms in total. The summed E-state index contributed by atoms with van der Waals surface area (Å²) in [7, 11) is 0. The topological polar surface area (TPSA) is 13.0 Å². The van der Waals surface area contributed by atoms with Gasteiger partial charge in [-0.3, -0.25) is 0 Å². The Morgan fingerprint density at radius 1 is 0.125 bits per heavy atom. The fourth-order valence-corrected chi connectivity index (χ4v) is 14.8. The molecule has 0 heterocycles. The third-order valence-corrected chi connectivity index (χ3v) is 19.2. The van der Waals surface area contributed by atoms with Crippen molar-refractivity contribution in [1.82, 2.24) is 0 Å². The maximum Gasteiger partial charge on any atom is 0.0619 e. The van der Waals surface area contributed by atoms with Gasteiger partial charge in [0.15, 0.2) is 0 Å². The van der Waals surface area contributed by atoms with E-state index in [0.717, 1.165) is 128 Å². The van der Waals surface area contributed by atoms with Crippen LogP contribution in [0.15, 0.2) is 376 Å². The summed E-state index contributed by atoms with van der Waals surface area (Å²) < 4.78 is 0. The Kier molecular flexibility index (Phi) is 13.8. The third kappa shape index (κ3) is 9.78. The Morgan fingerprint density at radius 2 is 0.333 bits per heavy atom. The summed E-state index contributed by atoms with van der Waals surface area (Å²) in [5, 5.41) is 18.7. The second kappa shape index (κ2) is 23.7. The van der Waals surface area contributed by atoms with E-state index in [2.05, 4.69) is 396 Å². The van der Waals surface area contributed by atoms with Crippen LogP contribution in [0.4, 0.5) is 68.2 Å². The minimum absolute atomic E-state index is 1.06. The number of benzene rings is 18. The van der Waals surface area contributed by atoms with Crippen LogP contribution in [0.5, 0.6) is 0 Å². The first-order valence-electron chi connectivity index (χ1n) is 33.0. The third-order valence-electron chi connectivity index (χ3n) is 19.2. The van der Waals surface area contributed by atoms with Gasteiger partial charge in [-0.2, -0.15) is 0 Å². The number of hydrogen-bond donors (Lipinski definition) is 0. The Balaban J connectivity index is 0.788. The maximum absolute atomic E-state index is 2.51. The molecule has 0 aromatic heterocycles. The predicted octanol–water partition coefficient (Wildman–Crippen LogP) is 26.5. The zero-order valence-corrected chi connectivity index (χ0v) is 52.6. The maximum atomic E-state index is 2.51. The summed E-state index contributed by atoms with van der Waals surface area (Å²) in [6, 6.07) is 138. The van der Waals surface area contributed by atoms with Crippen molar-refractivity contribution >= 4 is 154 Å². The summed E-state index contributed by atoms with van der Waals surface area (Å²) >= 11 is 0. The van der Waals surface area contributed by atoms with Crippen molar-refractivity contribution in [3.8, 4) is 11.1 Å². The zero-order chi connectivity index (χ0) is 63.5. The van der Waals surface area contributed by atoms with Crippen LogP contribution in [-0.2, 0) is 0 Å². The predicted molar refractivity (Wildman–Crippen MR) is 411 cm³/mol. The van der Waals surface area contributed by atoms with Crippen LogP contribution in [0.2, 0.25) is 0 Å². The second-order valence-corrected chi connectivity index (χ2v) is 24.8. The number of hydrogen-bond acceptors (Lipinski definition) is 4. The fraction of sp³-hybridized carbons (Fsp3) is 0. The molecular formula is C92H62N4. The van der Waals surface area contributed by atoms with Crippen LogP contribution in [0.3, 0.4) is 0 Å². The van der Waals surface area contributed by atoms with E-state index in [0.29, 0.717) is 0 Å². The van der Waals surface area contributed by atoms with Crippen LogP contribution in [0.1, 0.15) is 0 Å². The molecule has 0 aliphatic rings. The van der Waals surface area contributed by atoms with E-state index in [1.54, 1.807) is 0 Å². The van der Waals surface area contributed by atoms with Crippen LogP contribution < -0.4 is 19.6 Å². The number of fused-ring (bicyclic) bond motifs is 8. The average Bonchev–Trinajstić information content (AvgIpc) is 0.742. The van der Waals surface area contributed by atoms with Crippen LogP contribution in [0, 0.1) is 0 Å². The van der Waals surface area contributed by atoms with Crippen LogP contribution in [-0.4, -0.2) is 0 Å². The highest BCUT2D eigenvalue weighted by Crippen LogP contribution is 2.54. The van der Waals surface area contributed by atoms with E-state index in [9.17, 15) is 0 Å². The molecule has 0 aliphatic carbocycles. The van der Waals surface area contributed by atoms with E-state index in [1.165, 1.54) is 37.7 Å². The zero-order valence-electron chi connectivity index (χ0n) is 52.6. The standard InChI is InChI=1S/C92H62N4/c1-4-30-73(31-5-1)93(74-32-6-2-7-33-74)89-81-36-16-18-38-83(81)90(84-39-19-17-37-82(84)89)94(75-34-8-3-9-35-75)76-52-46-66(47-53-76)71-45-44-67-51-57-80(62-72(67)58-71)96(79-56-50-65-26-12-15-29-70(65)61-79)92-87-42-22-20-40-85(87)91(86-41-21-23-43-88(86)92)95(77-54-48-63-24-10-13-27-68(63)59-77)78-55-49-64-25-11-14-28-69(64)60-78/h1-62H. The highest BCUT2D eigenvalue weighted by Gasteiger charge is 2.28. The first-order valence-corrected chi connectivity index (χ1v) is 33.0. The van der Waals surface area contributed by atoms with Gasteiger partial charge in [-0.15, -0.1) is 0 Å². The molecule has 0 fully saturated rings. The Morgan fingerprint density at radius 3 is 0.646 bits per heavy atom. The van der Waals surface area contributed by atoms with Crippen molar-refractivity contribution in [2.75, 3.05) is 19.6 Å². The van der Waals surface area contributed by atoms with Gasteiger partial charge < -0.3 is 19.6 Å². The van der Waals surface area contributed by atoms with Gasteiger partial charge in [0.05, 0.1) is 22.7 Å². The average molecular weight is 1220 g/mol. The molecule has 0 N–H and O–H groups in total. The first kappa shape index (κ1) is 56.0. The van der Waals surface area contributed by atoms with Gasteiger partial charge in [0.2, 0.25) is 0 Å². The molecule has 0 aliphatic heterocycles. The lowest BCUT2D eigenvalue weighted by Crippen LogP contribution is -2.14. The van der Waals surface area contributed by atoms with Crippen molar-refractivity contribution in [1.29, 1.82) is 0 Å². The van der Waals surface area contributed by atoms with Gasteiger partial charge in [-0.05, 0) is 157 Å². The highest BCUT2D eigenvalue weighted by molar-refractivity contribution is 6.25. The molecule has 0 amide bonds. The van der Waals surface area contributed by atoms with Crippen molar-refractivity contribution in [3.05, 3.63) is 376 Å². The van der Waals surface area contributed by atoms with E-state index in [4.69, 9.17) is 0 Å². The van der Waals surface area contributed by atoms with E-state index < -0.39 is 0 Å². The van der Waals surface area contributed by atoms with Gasteiger partial charge in [-0.25, -0.2) is 0 Å². The lowest BCUT2D eigenvalue weighted by Gasteiger charge is -2.33. The molecule has 4 heteroatoms. The molecule has 18 aromatic rings. The quantitative estimate of drug-likeness (QED) is 0.0842. The molecule has 96 heavy (non-hydrogen) atoms. The smallest absolute Gasteiger partial charge is 0.0619 e. The molecule has 0 saturated heterocycles. The first-order chi connectivity index (χ1) is 47.6. The Hall–Kier alpha value is -12.8. The van der Waals surface area contributed by atoms with Crippen molar-refractivity contribution in [2.24, 2.45) is 0 Å². The van der Waals surface area contributed by atoms with E-state index in [1.807, 2.05) is 0 Å². The van der Waals surface area contributed by atoms with Crippen molar-refractivity contribution < 1.29 is 0 Å². The van der Waals surface area contributed by atoms with E-state index >= 15 is 0 Å². The molecule has 0 radical (unpaired) electrons. The summed E-state index contributed by atoms with van der Waals surface area (Å²) in [6.45, 7) is 0. The molecule has 0 spiro atoms. The SMILES string of the molecule is c1ccc(N(c2ccccc2)c2c3ccccc3c(N(c3ccccc3)c3ccc(-c4ccc5ccc(N(c6ccc7ccccc7c6)c6c7ccccc7c(N(c7ccc8ccccc8c7)c7ccc8ccccc8c7)c7ccccc67)cc5c4)cc3)c3ccccc23)cc1. The lowest BCUT2D eigenvalue weighted by atomic mass is 9.94. The lowest BCUT2D eigenvalue weighted by molar-refractivity contribution is 1.29. The molecule has 18 rings (SSSR count). The Labute approximate surface area is 557 Å². The van der Waals surface area contributed by atoms with Gasteiger partial charge in [0.1, 0.15) is 0 Å². The molecule has 0 bridgehead atoms. The molecule has 18 aromatic carbocycles. The number of anilines is 12. The van der Waals surface area contributed by atoms with E-state index in [-0.39, 0.29) is 0 Å². The highest BCUT2D eigenvalue weighted by atomic mass is 15.2. The molecule has 0 atom stereocenters. The largest absolute Gasteiger partial charge is 0.309 e. The molecule has 450 valence electrons. The van der Waals surface area contributed by atoms with Crippen LogP contribution in [0.25, 0.3) is 97.3 Å². The normalized spacial score (nSPS) is 11.5. The monoisotopic (exact) mass is 1220 g/mol. The minimum atomic E-state index is 1.06. The number of rotatable bonds is 13. The van der Waals surface area contributed by atoms with Gasteiger partial charge >= 0.3 is 0 Å². The number of para-hydroxylation sites is 3. The molecular weight excluding hydrogens is 1160 g/mol. The summed E-state index contributed by atoms with van der Waals surface area (Å²) in [6.07, 6.45) is 0. The Bertz CT molecular complexity index is 5760. The number of nitrogens with zero attached hydrogens (tertiary/aromatic N) is 4. The van der Waals surface area contributed by atoms with Gasteiger partial charge in [-0.1, -0.05) is 273 Å². The van der Waals surface area contributed by atoms with Crippen molar-refractivity contribution in [3.63, 3.8) is 0 Å². The summed E-state index contributed by atoms with van der Waals surface area (Å²) in [5.41, 5.74) is 15.4. The second-order valence-electron chi connectivity index (χ2n) is 24.8. The minimum Gasteiger partial charge on any atom is -0.309 e.